The lowest BCUT2D eigenvalue weighted by atomic mass is 10.1. The van der Waals surface area contributed by atoms with Gasteiger partial charge in [0.2, 0.25) is 0 Å². The second-order valence-electron chi connectivity index (χ2n) is 7.69. The molecule has 0 aliphatic rings. The minimum absolute atomic E-state index is 0.0241. The van der Waals surface area contributed by atoms with Crippen molar-refractivity contribution in [2.75, 3.05) is 19.0 Å². The van der Waals surface area contributed by atoms with Crippen LogP contribution in [0.2, 0.25) is 0 Å². The highest BCUT2D eigenvalue weighted by Gasteiger charge is 2.16. The lowest BCUT2D eigenvalue weighted by Crippen LogP contribution is -2.15. The number of pyridine rings is 1. The first-order valence-electron chi connectivity index (χ1n) is 10.5. The summed E-state index contributed by atoms with van der Waals surface area (Å²) in [5.74, 6) is -0.0771. The van der Waals surface area contributed by atoms with Crippen molar-refractivity contribution in [1.82, 2.24) is 19.3 Å². The van der Waals surface area contributed by atoms with E-state index < -0.39 is 5.91 Å². The number of rotatable bonds is 9. The molecule has 0 saturated carbocycles. The van der Waals surface area contributed by atoms with Gasteiger partial charge in [0.15, 0.2) is 5.82 Å². The fourth-order valence-corrected chi connectivity index (χ4v) is 3.78. The Balaban J connectivity index is 1.69. The van der Waals surface area contributed by atoms with Crippen LogP contribution in [0.4, 0.5) is 5.82 Å². The van der Waals surface area contributed by atoms with E-state index in [2.05, 4.69) is 26.9 Å². The zero-order chi connectivity index (χ0) is 23.1. The maximum Gasteiger partial charge on any atom is 0.267 e. The van der Waals surface area contributed by atoms with E-state index in [4.69, 9.17) is 4.74 Å². The van der Waals surface area contributed by atoms with Gasteiger partial charge in [-0.25, -0.2) is 0 Å². The first kappa shape index (κ1) is 23.0. The van der Waals surface area contributed by atoms with E-state index in [-0.39, 0.29) is 11.6 Å². The summed E-state index contributed by atoms with van der Waals surface area (Å²) < 4.78 is 9.17. The molecule has 0 aromatic carbocycles. The minimum Gasteiger partial charge on any atom is -0.383 e. The Morgan fingerprint density at radius 3 is 2.75 bits per heavy atom. The SMILES string of the molecule is COCC(C)n1c(C)cc(/C=C(\C#N)C(=O)Nc2ccn(CCc3ccncc3)n2)c1C. The number of aromatic nitrogens is 4. The standard InChI is InChI=1S/C24H28N6O2/c1-17-13-21(19(3)30(17)18(2)16-32-4)14-22(15-25)24(31)27-23-8-12-29(28-23)11-7-20-5-9-26-10-6-20/h5-6,8-10,12-14,18H,7,11,16H2,1-4H3,(H,27,28,31)/b22-14+. The number of anilines is 1. The first-order valence-corrected chi connectivity index (χ1v) is 10.5. The number of aryl methyl sites for hydroxylation is 3. The van der Waals surface area contributed by atoms with E-state index in [1.165, 1.54) is 0 Å². The van der Waals surface area contributed by atoms with Crippen molar-refractivity contribution in [3.8, 4) is 6.07 Å². The quantitative estimate of drug-likeness (QED) is 0.411. The van der Waals surface area contributed by atoms with Gasteiger partial charge in [0.25, 0.3) is 5.91 Å². The molecule has 1 amide bonds. The monoisotopic (exact) mass is 432 g/mol. The van der Waals surface area contributed by atoms with E-state index >= 15 is 0 Å². The number of methoxy groups -OCH3 is 1. The topological polar surface area (TPSA) is 97.8 Å². The van der Waals surface area contributed by atoms with Crippen LogP contribution in [0.3, 0.4) is 0 Å². The summed E-state index contributed by atoms with van der Waals surface area (Å²) >= 11 is 0. The third kappa shape index (κ3) is 5.50. The molecule has 3 rings (SSSR count). The minimum atomic E-state index is -0.485. The van der Waals surface area contributed by atoms with Gasteiger partial charge in [-0.05, 0) is 62.6 Å². The van der Waals surface area contributed by atoms with Crippen LogP contribution in [0, 0.1) is 25.2 Å². The summed E-state index contributed by atoms with van der Waals surface area (Å²) in [7, 11) is 1.67. The first-order chi connectivity index (χ1) is 15.4. The average Bonchev–Trinajstić information content (AvgIpc) is 3.34. The molecule has 8 nitrogen and oxygen atoms in total. The van der Waals surface area contributed by atoms with Gasteiger partial charge in [-0.1, -0.05) is 0 Å². The van der Waals surface area contributed by atoms with Crippen molar-refractivity contribution in [1.29, 1.82) is 5.26 Å². The number of ether oxygens (including phenoxy) is 1. The number of nitriles is 1. The maximum atomic E-state index is 12.7. The zero-order valence-electron chi connectivity index (χ0n) is 18.9. The second kappa shape index (κ2) is 10.6. The number of amides is 1. The van der Waals surface area contributed by atoms with Crippen LogP contribution in [0.15, 0.2) is 48.4 Å². The summed E-state index contributed by atoms with van der Waals surface area (Å²) in [5, 5.41) is 16.7. The van der Waals surface area contributed by atoms with Crippen LogP contribution in [-0.2, 0) is 22.5 Å². The Labute approximate surface area is 188 Å². The van der Waals surface area contributed by atoms with Crippen LogP contribution >= 0.6 is 0 Å². The predicted molar refractivity (Wildman–Crippen MR) is 123 cm³/mol. The number of nitrogens with zero attached hydrogens (tertiary/aromatic N) is 5. The van der Waals surface area contributed by atoms with E-state index in [0.29, 0.717) is 19.0 Å². The van der Waals surface area contributed by atoms with Gasteiger partial charge in [0.1, 0.15) is 11.6 Å². The van der Waals surface area contributed by atoms with Crippen molar-refractivity contribution < 1.29 is 9.53 Å². The molecule has 32 heavy (non-hydrogen) atoms. The molecule has 0 spiro atoms. The number of hydrogen-bond donors (Lipinski definition) is 1. The van der Waals surface area contributed by atoms with Crippen LogP contribution in [0.5, 0.6) is 0 Å². The Kier molecular flexibility index (Phi) is 7.58. The third-order valence-electron chi connectivity index (χ3n) is 5.30. The molecular weight excluding hydrogens is 404 g/mol. The largest absolute Gasteiger partial charge is 0.383 e. The normalized spacial score (nSPS) is 12.4. The molecule has 8 heteroatoms. The second-order valence-corrected chi connectivity index (χ2v) is 7.69. The molecule has 0 radical (unpaired) electrons. The third-order valence-corrected chi connectivity index (χ3v) is 5.30. The Hall–Kier alpha value is -3.70. The molecule has 0 aliphatic carbocycles. The van der Waals surface area contributed by atoms with Gasteiger partial charge < -0.3 is 14.6 Å². The molecule has 3 heterocycles. The molecule has 1 N–H and O–H groups in total. The highest BCUT2D eigenvalue weighted by atomic mass is 16.5. The van der Waals surface area contributed by atoms with E-state index in [1.807, 2.05) is 38.1 Å². The average molecular weight is 433 g/mol. The highest BCUT2D eigenvalue weighted by molar-refractivity contribution is 6.09. The van der Waals surface area contributed by atoms with Crippen LogP contribution in [0.25, 0.3) is 6.08 Å². The Morgan fingerprint density at radius 1 is 1.31 bits per heavy atom. The maximum absolute atomic E-state index is 12.7. The number of carbonyl (C=O) groups excluding carboxylic acids is 1. The van der Waals surface area contributed by atoms with Gasteiger partial charge in [0.05, 0.1) is 12.6 Å². The van der Waals surface area contributed by atoms with Crippen molar-refractivity contribution in [2.45, 2.75) is 39.8 Å². The van der Waals surface area contributed by atoms with Crippen LogP contribution in [0.1, 0.15) is 35.5 Å². The molecular formula is C24H28N6O2. The fourth-order valence-electron chi connectivity index (χ4n) is 3.78. The van der Waals surface area contributed by atoms with Crippen molar-refractivity contribution >= 4 is 17.8 Å². The summed E-state index contributed by atoms with van der Waals surface area (Å²) in [5.41, 5.74) is 4.04. The van der Waals surface area contributed by atoms with Gasteiger partial charge >= 0.3 is 0 Å². The molecule has 0 aliphatic heterocycles. The number of nitrogens with one attached hydrogen (secondary N) is 1. The molecule has 3 aromatic heterocycles. The van der Waals surface area contributed by atoms with Crippen LogP contribution < -0.4 is 5.32 Å². The Bertz CT molecular complexity index is 1140. The van der Waals surface area contributed by atoms with Gasteiger partial charge in [0, 0.05) is 49.7 Å². The van der Waals surface area contributed by atoms with Crippen LogP contribution in [-0.4, -0.2) is 39.0 Å². The van der Waals surface area contributed by atoms with Gasteiger partial charge in [-0.2, -0.15) is 10.4 Å². The van der Waals surface area contributed by atoms with E-state index in [0.717, 1.165) is 28.9 Å². The molecule has 3 aromatic rings. The summed E-state index contributed by atoms with van der Waals surface area (Å²) in [6.45, 7) is 7.30. The fraction of sp³-hybridized carbons (Fsp3) is 0.333. The summed E-state index contributed by atoms with van der Waals surface area (Å²) in [6.07, 6.45) is 7.74. The van der Waals surface area contributed by atoms with E-state index in [9.17, 15) is 10.1 Å². The zero-order valence-corrected chi connectivity index (χ0v) is 18.9. The smallest absolute Gasteiger partial charge is 0.267 e. The lowest BCUT2D eigenvalue weighted by molar-refractivity contribution is -0.112. The van der Waals surface area contributed by atoms with Crippen molar-refractivity contribution in [3.05, 3.63) is 70.9 Å². The molecule has 166 valence electrons. The molecule has 0 saturated heterocycles. The van der Waals surface area contributed by atoms with Gasteiger partial charge in [-0.15, -0.1) is 0 Å². The van der Waals surface area contributed by atoms with E-state index in [1.54, 1.807) is 42.5 Å². The van der Waals surface area contributed by atoms with Gasteiger partial charge in [-0.3, -0.25) is 14.5 Å². The molecule has 0 fully saturated rings. The molecule has 0 bridgehead atoms. The highest BCUT2D eigenvalue weighted by Crippen LogP contribution is 2.23. The molecule has 1 unspecified atom stereocenters. The van der Waals surface area contributed by atoms with Crippen molar-refractivity contribution in [2.24, 2.45) is 0 Å². The summed E-state index contributed by atoms with van der Waals surface area (Å²) in [4.78, 5) is 16.7. The number of carbonyl (C=O) groups is 1. The number of hydrogen-bond acceptors (Lipinski definition) is 5. The lowest BCUT2D eigenvalue weighted by Gasteiger charge is -2.17. The summed E-state index contributed by atoms with van der Waals surface area (Å²) in [6, 6.07) is 9.77. The Morgan fingerprint density at radius 2 is 2.06 bits per heavy atom. The predicted octanol–water partition coefficient (Wildman–Crippen LogP) is 3.69. The van der Waals surface area contributed by atoms with Crippen molar-refractivity contribution in [3.63, 3.8) is 0 Å². The molecule has 1 atom stereocenters.